The summed E-state index contributed by atoms with van der Waals surface area (Å²) in [4.78, 5) is 20.2. The summed E-state index contributed by atoms with van der Waals surface area (Å²) >= 11 is 0. The zero-order valence-electron chi connectivity index (χ0n) is 13.2. The fourth-order valence-electron chi connectivity index (χ4n) is 1.97. The predicted octanol–water partition coefficient (Wildman–Crippen LogP) is 2.58. The van der Waals surface area contributed by atoms with E-state index in [1.165, 1.54) is 0 Å². The maximum absolute atomic E-state index is 12.5. The van der Waals surface area contributed by atoms with Crippen molar-refractivity contribution in [2.75, 3.05) is 32.5 Å². The van der Waals surface area contributed by atoms with Gasteiger partial charge in [-0.05, 0) is 45.3 Å². The molecule has 0 saturated carbocycles. The van der Waals surface area contributed by atoms with Crippen LogP contribution >= 0.6 is 0 Å². The van der Waals surface area contributed by atoms with Gasteiger partial charge in [0.25, 0.3) is 0 Å². The van der Waals surface area contributed by atoms with E-state index in [4.69, 9.17) is 4.42 Å². The van der Waals surface area contributed by atoms with Gasteiger partial charge >= 0.3 is 6.03 Å². The minimum Gasteiger partial charge on any atom is -0.464 e. The Morgan fingerprint density at radius 1 is 1.27 bits per heavy atom. The number of hydrogen-bond donors (Lipinski definition) is 1. The normalized spacial score (nSPS) is 10.7. The van der Waals surface area contributed by atoms with Crippen LogP contribution in [0.5, 0.6) is 0 Å². The molecule has 118 valence electrons. The number of carbonyl (C=O) groups excluding carboxylic acids is 1. The summed E-state index contributed by atoms with van der Waals surface area (Å²) in [6.07, 6.45) is 3.30. The van der Waals surface area contributed by atoms with E-state index < -0.39 is 0 Å². The van der Waals surface area contributed by atoms with Crippen LogP contribution in [0, 0.1) is 6.92 Å². The van der Waals surface area contributed by atoms with Crippen molar-refractivity contribution < 1.29 is 9.21 Å². The number of nitrogens with zero attached hydrogens (tertiary/aromatic N) is 3. The highest BCUT2D eigenvalue weighted by Gasteiger charge is 2.16. The minimum absolute atomic E-state index is 0.163. The van der Waals surface area contributed by atoms with Crippen molar-refractivity contribution in [3.63, 3.8) is 0 Å². The Bertz CT molecular complexity index is 595. The third kappa shape index (κ3) is 4.89. The zero-order valence-corrected chi connectivity index (χ0v) is 13.2. The molecule has 0 aromatic carbocycles. The number of anilines is 1. The van der Waals surface area contributed by atoms with Gasteiger partial charge in [-0.25, -0.2) is 4.79 Å². The number of amides is 2. The Morgan fingerprint density at radius 2 is 2.09 bits per heavy atom. The van der Waals surface area contributed by atoms with Crippen molar-refractivity contribution in [3.8, 4) is 0 Å². The van der Waals surface area contributed by atoms with Gasteiger partial charge in [-0.15, -0.1) is 0 Å². The summed E-state index contributed by atoms with van der Waals surface area (Å²) < 4.78 is 5.57. The molecule has 22 heavy (non-hydrogen) atoms. The van der Waals surface area contributed by atoms with Gasteiger partial charge in [-0.3, -0.25) is 4.98 Å². The average molecular weight is 302 g/mol. The van der Waals surface area contributed by atoms with Crippen molar-refractivity contribution in [1.82, 2.24) is 14.8 Å². The first-order valence-corrected chi connectivity index (χ1v) is 7.20. The van der Waals surface area contributed by atoms with Gasteiger partial charge in [0.2, 0.25) is 0 Å². The molecule has 1 N–H and O–H groups in total. The summed E-state index contributed by atoms with van der Waals surface area (Å²) in [5, 5.41) is 2.86. The summed E-state index contributed by atoms with van der Waals surface area (Å²) in [6, 6.07) is 7.24. The molecular formula is C16H22N4O2. The molecule has 0 aliphatic heterocycles. The van der Waals surface area contributed by atoms with Crippen LogP contribution in [0.2, 0.25) is 0 Å². The highest BCUT2D eigenvalue weighted by atomic mass is 16.3. The SMILES string of the molecule is Cc1ccc(CN(CCN(C)C)C(=O)Nc2cccnc2)o1. The number of rotatable bonds is 6. The molecule has 0 atom stereocenters. The first kappa shape index (κ1) is 16.0. The van der Waals surface area contributed by atoms with Crippen LogP contribution < -0.4 is 5.32 Å². The van der Waals surface area contributed by atoms with Gasteiger partial charge in [0.15, 0.2) is 0 Å². The first-order valence-electron chi connectivity index (χ1n) is 7.20. The predicted molar refractivity (Wildman–Crippen MR) is 85.7 cm³/mol. The van der Waals surface area contributed by atoms with Crippen LogP contribution in [0.25, 0.3) is 0 Å². The van der Waals surface area contributed by atoms with Gasteiger partial charge in [-0.1, -0.05) is 0 Å². The largest absolute Gasteiger partial charge is 0.464 e. The Morgan fingerprint density at radius 3 is 2.68 bits per heavy atom. The quantitative estimate of drug-likeness (QED) is 0.891. The second-order valence-electron chi connectivity index (χ2n) is 5.41. The average Bonchev–Trinajstić information content (AvgIpc) is 2.89. The lowest BCUT2D eigenvalue weighted by Crippen LogP contribution is -2.38. The van der Waals surface area contributed by atoms with Crippen LogP contribution in [0.1, 0.15) is 11.5 Å². The second-order valence-corrected chi connectivity index (χ2v) is 5.41. The molecular weight excluding hydrogens is 280 g/mol. The molecule has 6 heteroatoms. The number of furan rings is 1. The summed E-state index contributed by atoms with van der Waals surface area (Å²) in [7, 11) is 3.96. The van der Waals surface area contributed by atoms with E-state index in [0.29, 0.717) is 18.8 Å². The fraction of sp³-hybridized carbons (Fsp3) is 0.375. The molecule has 2 aromatic heterocycles. The van der Waals surface area contributed by atoms with Crippen LogP contribution in [0.3, 0.4) is 0 Å². The summed E-state index contributed by atoms with van der Waals surface area (Å²) in [5.74, 6) is 1.62. The molecule has 2 amide bonds. The number of aryl methyl sites for hydroxylation is 1. The Hall–Kier alpha value is -2.34. The lowest BCUT2D eigenvalue weighted by Gasteiger charge is -2.23. The van der Waals surface area contributed by atoms with Crippen molar-refractivity contribution >= 4 is 11.7 Å². The molecule has 0 aliphatic rings. The molecule has 0 saturated heterocycles. The Kier molecular flexibility index (Phi) is 5.55. The second kappa shape index (κ2) is 7.61. The molecule has 0 unspecified atom stereocenters. The maximum atomic E-state index is 12.5. The van der Waals surface area contributed by atoms with Crippen LogP contribution in [0.15, 0.2) is 41.1 Å². The number of pyridine rings is 1. The number of urea groups is 1. The number of nitrogens with one attached hydrogen (secondary N) is 1. The van der Waals surface area contributed by atoms with E-state index in [9.17, 15) is 4.79 Å². The standard InChI is InChI=1S/C16H22N4O2/c1-13-6-7-15(22-13)12-20(10-9-19(2)3)16(21)18-14-5-4-8-17-11-14/h4-8,11H,9-10,12H2,1-3H3,(H,18,21). The topological polar surface area (TPSA) is 61.6 Å². The Balaban J connectivity index is 2.03. The van der Waals surface area contributed by atoms with Crippen molar-refractivity contribution in [3.05, 3.63) is 48.2 Å². The van der Waals surface area contributed by atoms with Crippen molar-refractivity contribution in [1.29, 1.82) is 0 Å². The van der Waals surface area contributed by atoms with Crippen molar-refractivity contribution in [2.24, 2.45) is 0 Å². The van der Waals surface area contributed by atoms with E-state index in [1.54, 1.807) is 23.4 Å². The van der Waals surface area contributed by atoms with Crippen LogP contribution in [-0.4, -0.2) is 48.0 Å². The fourth-order valence-corrected chi connectivity index (χ4v) is 1.97. The van der Waals surface area contributed by atoms with E-state index >= 15 is 0 Å². The van der Waals surface area contributed by atoms with Gasteiger partial charge in [0.05, 0.1) is 18.4 Å². The molecule has 2 rings (SSSR count). The lowest BCUT2D eigenvalue weighted by molar-refractivity contribution is 0.196. The zero-order chi connectivity index (χ0) is 15.9. The van der Waals surface area contributed by atoms with E-state index in [1.807, 2.05) is 44.1 Å². The van der Waals surface area contributed by atoms with Gasteiger partial charge in [0, 0.05) is 19.3 Å². The molecule has 2 heterocycles. The van der Waals surface area contributed by atoms with Crippen molar-refractivity contribution in [2.45, 2.75) is 13.5 Å². The van der Waals surface area contributed by atoms with Gasteiger partial charge in [-0.2, -0.15) is 0 Å². The summed E-state index contributed by atoms with van der Waals surface area (Å²) in [5.41, 5.74) is 0.679. The third-order valence-corrected chi connectivity index (χ3v) is 3.16. The summed E-state index contributed by atoms with van der Waals surface area (Å²) in [6.45, 7) is 3.72. The molecule has 6 nitrogen and oxygen atoms in total. The smallest absolute Gasteiger partial charge is 0.322 e. The van der Waals surface area contributed by atoms with Gasteiger partial charge < -0.3 is 19.5 Å². The van der Waals surface area contributed by atoms with Crippen LogP contribution in [0.4, 0.5) is 10.5 Å². The highest BCUT2D eigenvalue weighted by molar-refractivity contribution is 5.89. The van der Waals surface area contributed by atoms with E-state index in [-0.39, 0.29) is 6.03 Å². The first-order chi connectivity index (χ1) is 10.5. The molecule has 0 spiro atoms. The number of carbonyl (C=O) groups is 1. The molecule has 0 bridgehead atoms. The number of likely N-dealkylation sites (N-methyl/N-ethyl adjacent to an activating group) is 1. The van der Waals surface area contributed by atoms with Crippen LogP contribution in [-0.2, 0) is 6.54 Å². The lowest BCUT2D eigenvalue weighted by atomic mass is 10.3. The van der Waals surface area contributed by atoms with Gasteiger partial charge in [0.1, 0.15) is 11.5 Å². The third-order valence-electron chi connectivity index (χ3n) is 3.16. The molecule has 0 aliphatic carbocycles. The minimum atomic E-state index is -0.163. The van der Waals surface area contributed by atoms with E-state index in [0.717, 1.165) is 18.1 Å². The number of aromatic nitrogens is 1. The molecule has 2 aromatic rings. The number of hydrogen-bond acceptors (Lipinski definition) is 4. The maximum Gasteiger partial charge on any atom is 0.322 e. The molecule has 0 radical (unpaired) electrons. The Labute approximate surface area is 130 Å². The monoisotopic (exact) mass is 302 g/mol. The van der Waals surface area contributed by atoms with E-state index in [2.05, 4.69) is 10.3 Å². The highest BCUT2D eigenvalue weighted by Crippen LogP contribution is 2.11. The molecule has 0 fully saturated rings.